The Labute approximate surface area is 176 Å². The summed E-state index contributed by atoms with van der Waals surface area (Å²) < 4.78 is 16.1. The monoisotopic (exact) mass is 406 g/mol. The molecule has 0 aliphatic rings. The molecule has 1 atom stereocenters. The van der Waals surface area contributed by atoms with Gasteiger partial charge in [-0.2, -0.15) is 0 Å². The van der Waals surface area contributed by atoms with Gasteiger partial charge in [0.25, 0.3) is 0 Å². The second-order valence-corrected chi connectivity index (χ2v) is 7.49. The summed E-state index contributed by atoms with van der Waals surface area (Å²) in [5, 5.41) is 0. The Kier molecular flexibility index (Phi) is 14.8. The van der Waals surface area contributed by atoms with Gasteiger partial charge in [-0.25, -0.2) is 0 Å². The number of rotatable bonds is 17. The van der Waals surface area contributed by atoms with Crippen molar-refractivity contribution in [1.29, 1.82) is 0 Å². The van der Waals surface area contributed by atoms with Crippen LogP contribution in [0.5, 0.6) is 0 Å². The first-order chi connectivity index (χ1) is 14.1. The van der Waals surface area contributed by atoms with Crippen molar-refractivity contribution in [1.82, 2.24) is 0 Å². The van der Waals surface area contributed by atoms with Gasteiger partial charge in [0.1, 0.15) is 6.61 Å². The van der Waals surface area contributed by atoms with E-state index in [-0.39, 0.29) is 19.2 Å². The first kappa shape index (κ1) is 25.2. The second-order valence-electron chi connectivity index (χ2n) is 7.49. The Morgan fingerprint density at radius 3 is 2.10 bits per heavy atom. The molecule has 1 rings (SSSR count). The number of hydrogen-bond acceptors (Lipinski definition) is 5. The molecule has 0 aromatic heterocycles. The number of esters is 2. The summed E-state index contributed by atoms with van der Waals surface area (Å²) in [6.07, 6.45) is 10.7. The number of unbranched alkanes of at least 4 members (excludes halogenated alkanes) is 8. The van der Waals surface area contributed by atoms with Gasteiger partial charge in [0.15, 0.2) is 6.10 Å². The summed E-state index contributed by atoms with van der Waals surface area (Å²) in [6, 6.07) is 9.75. The van der Waals surface area contributed by atoms with Gasteiger partial charge in [-0.05, 0) is 12.0 Å². The van der Waals surface area contributed by atoms with Crippen molar-refractivity contribution in [3.05, 3.63) is 35.9 Å². The third-order valence-corrected chi connectivity index (χ3v) is 4.66. The number of benzene rings is 1. The van der Waals surface area contributed by atoms with Crippen LogP contribution in [0, 0.1) is 0 Å². The third-order valence-electron chi connectivity index (χ3n) is 4.66. The summed E-state index contributed by atoms with van der Waals surface area (Å²) in [4.78, 5) is 23.2. The molecule has 5 nitrogen and oxygen atoms in total. The lowest BCUT2D eigenvalue weighted by Gasteiger charge is -2.17. The van der Waals surface area contributed by atoms with Crippen molar-refractivity contribution in [3.63, 3.8) is 0 Å². The Morgan fingerprint density at radius 1 is 0.862 bits per heavy atom. The number of ether oxygens (including phenoxy) is 3. The molecule has 164 valence electrons. The molecule has 0 spiro atoms. The first-order valence-electron chi connectivity index (χ1n) is 11.1. The van der Waals surface area contributed by atoms with E-state index in [1.165, 1.54) is 51.9 Å². The lowest BCUT2D eigenvalue weighted by atomic mass is 10.1. The SMILES string of the molecule is CCCCCCCCCCCC(=O)OC[C@H](COCc1ccccc1)OC(C)=O. The van der Waals surface area contributed by atoms with E-state index in [1.54, 1.807) is 0 Å². The summed E-state index contributed by atoms with van der Waals surface area (Å²) in [5.74, 6) is -0.651. The van der Waals surface area contributed by atoms with Crippen LogP contribution >= 0.6 is 0 Å². The van der Waals surface area contributed by atoms with Crippen LogP contribution in [0.2, 0.25) is 0 Å². The summed E-state index contributed by atoms with van der Waals surface area (Å²) in [7, 11) is 0. The zero-order chi connectivity index (χ0) is 21.2. The molecule has 29 heavy (non-hydrogen) atoms. The van der Waals surface area contributed by atoms with E-state index in [4.69, 9.17) is 14.2 Å². The van der Waals surface area contributed by atoms with E-state index in [0.29, 0.717) is 13.0 Å². The van der Waals surface area contributed by atoms with Gasteiger partial charge in [0.05, 0.1) is 13.2 Å². The normalized spacial score (nSPS) is 11.8. The minimum absolute atomic E-state index is 0.0324. The fraction of sp³-hybridized carbons (Fsp3) is 0.667. The highest BCUT2D eigenvalue weighted by atomic mass is 16.6. The number of carbonyl (C=O) groups excluding carboxylic acids is 2. The predicted octanol–water partition coefficient (Wildman–Crippen LogP) is 5.60. The van der Waals surface area contributed by atoms with E-state index in [9.17, 15) is 9.59 Å². The highest BCUT2D eigenvalue weighted by Gasteiger charge is 2.15. The topological polar surface area (TPSA) is 61.8 Å². The van der Waals surface area contributed by atoms with Crippen LogP contribution in [0.4, 0.5) is 0 Å². The van der Waals surface area contributed by atoms with E-state index < -0.39 is 12.1 Å². The third kappa shape index (κ3) is 14.7. The van der Waals surface area contributed by atoms with E-state index >= 15 is 0 Å². The van der Waals surface area contributed by atoms with Gasteiger partial charge in [-0.1, -0.05) is 88.6 Å². The van der Waals surface area contributed by atoms with Crippen LogP contribution in [-0.4, -0.2) is 31.3 Å². The molecule has 0 saturated heterocycles. The van der Waals surface area contributed by atoms with Crippen molar-refractivity contribution < 1.29 is 23.8 Å². The maximum absolute atomic E-state index is 11.9. The average Bonchev–Trinajstić information content (AvgIpc) is 2.71. The van der Waals surface area contributed by atoms with Crippen LogP contribution < -0.4 is 0 Å². The molecule has 0 unspecified atom stereocenters. The molecule has 0 heterocycles. The lowest BCUT2D eigenvalue weighted by molar-refractivity contribution is -0.161. The quantitative estimate of drug-likeness (QED) is 0.249. The highest BCUT2D eigenvalue weighted by Crippen LogP contribution is 2.11. The molecule has 0 saturated carbocycles. The van der Waals surface area contributed by atoms with E-state index in [1.807, 2.05) is 30.3 Å². The maximum Gasteiger partial charge on any atom is 0.305 e. The van der Waals surface area contributed by atoms with E-state index in [0.717, 1.165) is 18.4 Å². The minimum atomic E-state index is -0.580. The van der Waals surface area contributed by atoms with Gasteiger partial charge in [0.2, 0.25) is 0 Å². The van der Waals surface area contributed by atoms with E-state index in [2.05, 4.69) is 6.92 Å². The Balaban J connectivity index is 2.12. The average molecular weight is 407 g/mol. The van der Waals surface area contributed by atoms with Crippen LogP contribution in [0.3, 0.4) is 0 Å². The van der Waals surface area contributed by atoms with Crippen LogP contribution in [0.25, 0.3) is 0 Å². The highest BCUT2D eigenvalue weighted by molar-refractivity contribution is 5.69. The first-order valence-corrected chi connectivity index (χ1v) is 11.1. The Bertz CT molecular complexity index is 543. The van der Waals surface area contributed by atoms with Crippen LogP contribution in [-0.2, 0) is 30.4 Å². The van der Waals surface area contributed by atoms with Crippen molar-refractivity contribution in [2.75, 3.05) is 13.2 Å². The standard InChI is InChI=1S/C24H38O5/c1-3-4-5-6-7-8-9-10-14-17-24(26)28-20-23(29-21(2)25)19-27-18-22-15-12-11-13-16-22/h11-13,15-16,23H,3-10,14,17-20H2,1-2H3/t23-/m0/s1. The molecule has 0 radical (unpaired) electrons. The molecule has 0 fully saturated rings. The second kappa shape index (κ2) is 17.0. The molecule has 0 aliphatic carbocycles. The minimum Gasteiger partial charge on any atom is -0.462 e. The molecule has 1 aromatic carbocycles. The lowest BCUT2D eigenvalue weighted by Crippen LogP contribution is -2.29. The largest absolute Gasteiger partial charge is 0.462 e. The van der Waals surface area contributed by atoms with Crippen molar-refractivity contribution in [2.24, 2.45) is 0 Å². The molecular formula is C24H38O5. The Morgan fingerprint density at radius 2 is 1.48 bits per heavy atom. The predicted molar refractivity (Wildman–Crippen MR) is 114 cm³/mol. The summed E-state index contributed by atoms with van der Waals surface area (Å²) >= 11 is 0. The molecule has 5 heteroatoms. The van der Waals surface area contributed by atoms with Crippen LogP contribution in [0.1, 0.15) is 83.6 Å². The fourth-order valence-corrected chi connectivity index (χ4v) is 3.07. The van der Waals surface area contributed by atoms with Gasteiger partial charge >= 0.3 is 11.9 Å². The molecule has 0 bridgehead atoms. The zero-order valence-corrected chi connectivity index (χ0v) is 18.2. The summed E-state index contributed by atoms with van der Waals surface area (Å²) in [5.41, 5.74) is 1.04. The van der Waals surface area contributed by atoms with Crippen molar-refractivity contribution >= 4 is 11.9 Å². The van der Waals surface area contributed by atoms with Crippen molar-refractivity contribution in [3.8, 4) is 0 Å². The fourth-order valence-electron chi connectivity index (χ4n) is 3.07. The maximum atomic E-state index is 11.9. The zero-order valence-electron chi connectivity index (χ0n) is 18.2. The number of carbonyl (C=O) groups is 2. The Hall–Kier alpha value is -1.88. The molecular weight excluding hydrogens is 368 g/mol. The van der Waals surface area contributed by atoms with Gasteiger partial charge in [-0.15, -0.1) is 0 Å². The molecule has 0 aliphatic heterocycles. The molecule has 0 amide bonds. The summed E-state index contributed by atoms with van der Waals surface area (Å²) in [6.45, 7) is 4.22. The molecule has 0 N–H and O–H groups in total. The van der Waals surface area contributed by atoms with Gasteiger partial charge in [-0.3, -0.25) is 9.59 Å². The van der Waals surface area contributed by atoms with Gasteiger partial charge in [0, 0.05) is 13.3 Å². The molecule has 1 aromatic rings. The van der Waals surface area contributed by atoms with Crippen LogP contribution in [0.15, 0.2) is 30.3 Å². The number of hydrogen-bond donors (Lipinski definition) is 0. The van der Waals surface area contributed by atoms with Crippen molar-refractivity contribution in [2.45, 2.75) is 90.8 Å². The van der Waals surface area contributed by atoms with Gasteiger partial charge < -0.3 is 14.2 Å². The smallest absolute Gasteiger partial charge is 0.305 e.